The molecule has 3 atom stereocenters. The Labute approximate surface area is 161 Å². The molecule has 4 rings (SSSR count). The Balaban J connectivity index is 1.54. The Kier molecular flexibility index (Phi) is 4.61. The highest BCUT2D eigenvalue weighted by Crippen LogP contribution is 2.49. The van der Waals surface area contributed by atoms with Crippen molar-refractivity contribution >= 4 is 22.4 Å². The average molecular weight is 367 g/mol. The molecule has 4 heteroatoms. The van der Waals surface area contributed by atoms with E-state index in [1.54, 1.807) is 4.57 Å². The van der Waals surface area contributed by atoms with Crippen molar-refractivity contribution in [2.75, 3.05) is 5.32 Å². The predicted octanol–water partition coefficient (Wildman–Crippen LogP) is 4.81. The van der Waals surface area contributed by atoms with Gasteiger partial charge < -0.3 is 9.88 Å². The molecule has 0 aliphatic heterocycles. The van der Waals surface area contributed by atoms with Gasteiger partial charge >= 0.3 is 0 Å². The number of hydrogen-bond donors (Lipinski definition) is 1. The molecule has 1 amide bonds. The molecule has 2 fully saturated rings. The molecule has 2 aliphatic rings. The van der Waals surface area contributed by atoms with Gasteiger partial charge in [-0.05, 0) is 60.6 Å². The maximum absolute atomic E-state index is 12.9. The predicted molar refractivity (Wildman–Crippen MR) is 110 cm³/mol. The maximum Gasteiger partial charge on any atom is 0.258 e. The van der Waals surface area contributed by atoms with Crippen LogP contribution in [0.15, 0.2) is 35.3 Å². The number of benzene rings is 1. The highest BCUT2D eigenvalue weighted by molar-refractivity contribution is 6.01. The monoisotopic (exact) mass is 366 g/mol. The molecule has 0 saturated heterocycles. The van der Waals surface area contributed by atoms with Crippen LogP contribution in [0.25, 0.3) is 10.8 Å². The quantitative estimate of drug-likeness (QED) is 0.844. The molecule has 2 aromatic rings. The van der Waals surface area contributed by atoms with Crippen molar-refractivity contribution < 1.29 is 4.79 Å². The van der Waals surface area contributed by atoms with Crippen LogP contribution in [-0.2, 0) is 11.3 Å². The second-order valence-electron chi connectivity index (χ2n) is 9.76. The fraction of sp³-hybridized carbons (Fsp3) is 0.565. The van der Waals surface area contributed by atoms with E-state index in [0.29, 0.717) is 24.3 Å². The number of carbonyl (C=O) groups excluding carboxylic acids is 1. The van der Waals surface area contributed by atoms with Crippen LogP contribution < -0.4 is 10.9 Å². The lowest BCUT2D eigenvalue weighted by Gasteiger charge is -2.21. The molecule has 1 N–H and O–H groups in total. The van der Waals surface area contributed by atoms with Gasteiger partial charge in [-0.1, -0.05) is 33.3 Å². The summed E-state index contributed by atoms with van der Waals surface area (Å²) in [5.74, 6) is 2.23. The van der Waals surface area contributed by atoms with Gasteiger partial charge in [-0.2, -0.15) is 0 Å². The van der Waals surface area contributed by atoms with E-state index in [0.717, 1.165) is 22.9 Å². The zero-order valence-electron chi connectivity index (χ0n) is 16.6. The van der Waals surface area contributed by atoms with E-state index >= 15 is 0 Å². The van der Waals surface area contributed by atoms with E-state index < -0.39 is 0 Å². The summed E-state index contributed by atoms with van der Waals surface area (Å²) < 4.78 is 1.77. The number of rotatable bonds is 4. The zero-order chi connectivity index (χ0) is 19.2. The number of nitrogens with one attached hydrogen (secondary N) is 1. The molecule has 1 heterocycles. The average Bonchev–Trinajstić information content (AvgIpc) is 3.19. The molecule has 4 nitrogen and oxygen atoms in total. The smallest absolute Gasteiger partial charge is 0.258 e. The Hall–Kier alpha value is -2.10. The van der Waals surface area contributed by atoms with Gasteiger partial charge in [-0.25, -0.2) is 0 Å². The molecule has 27 heavy (non-hydrogen) atoms. The topological polar surface area (TPSA) is 51.1 Å². The number of nitrogens with zero attached hydrogens (tertiary/aromatic N) is 1. The summed E-state index contributed by atoms with van der Waals surface area (Å²) in [6.07, 6.45) is 7.64. The van der Waals surface area contributed by atoms with Gasteiger partial charge in [0.05, 0.1) is 0 Å². The third kappa shape index (κ3) is 3.80. The number of anilines is 1. The molecule has 1 aromatic heterocycles. The first-order valence-corrected chi connectivity index (χ1v) is 10.2. The molecular weight excluding hydrogens is 336 g/mol. The van der Waals surface area contributed by atoms with Gasteiger partial charge in [0.2, 0.25) is 5.91 Å². The van der Waals surface area contributed by atoms with Gasteiger partial charge in [0.1, 0.15) is 0 Å². The Morgan fingerprint density at radius 3 is 2.63 bits per heavy atom. The first-order valence-electron chi connectivity index (χ1n) is 10.2. The van der Waals surface area contributed by atoms with E-state index in [9.17, 15) is 9.59 Å². The van der Waals surface area contributed by atoms with Crippen molar-refractivity contribution in [1.82, 2.24) is 4.57 Å². The number of aromatic nitrogens is 1. The van der Waals surface area contributed by atoms with Crippen molar-refractivity contribution in [3.63, 3.8) is 0 Å². The van der Waals surface area contributed by atoms with E-state index in [-0.39, 0.29) is 16.9 Å². The summed E-state index contributed by atoms with van der Waals surface area (Å²) in [6.45, 7) is 7.03. The summed E-state index contributed by atoms with van der Waals surface area (Å²) in [4.78, 5) is 25.5. The van der Waals surface area contributed by atoms with Crippen molar-refractivity contribution in [3.05, 3.63) is 40.8 Å². The minimum atomic E-state index is 0.00614. The van der Waals surface area contributed by atoms with Gasteiger partial charge in [0, 0.05) is 35.6 Å². The largest absolute Gasteiger partial charge is 0.326 e. The van der Waals surface area contributed by atoms with Crippen LogP contribution in [0.5, 0.6) is 0 Å². The SMILES string of the molecule is CC(C)(C)Cn1ccc2c(NC(=O)CC3CC4CC[C@@H]3C4)cccc2c1=O. The second-order valence-corrected chi connectivity index (χ2v) is 9.76. The van der Waals surface area contributed by atoms with Crippen LogP contribution in [-0.4, -0.2) is 10.5 Å². The third-order valence-corrected chi connectivity index (χ3v) is 6.27. The summed E-state index contributed by atoms with van der Waals surface area (Å²) in [5, 5.41) is 4.57. The lowest BCUT2D eigenvalue weighted by atomic mass is 9.86. The molecule has 144 valence electrons. The fourth-order valence-electron chi connectivity index (χ4n) is 5.13. The Bertz CT molecular complexity index is 922. The molecule has 1 aromatic carbocycles. The van der Waals surface area contributed by atoms with Crippen molar-refractivity contribution in [2.24, 2.45) is 23.2 Å². The highest BCUT2D eigenvalue weighted by atomic mass is 16.1. The number of carbonyl (C=O) groups is 1. The van der Waals surface area contributed by atoms with Gasteiger partial charge in [-0.15, -0.1) is 0 Å². The standard InChI is InChI=1S/C23H30N2O2/c1-23(2,3)14-25-10-9-18-19(22(25)27)5-4-6-20(18)24-21(26)13-17-12-15-7-8-16(17)11-15/h4-6,9-10,15-17H,7-8,11-14H2,1-3H3,(H,24,26)/t15?,16-,17?/m1/s1. The van der Waals surface area contributed by atoms with Gasteiger partial charge in [0.25, 0.3) is 5.56 Å². The first kappa shape index (κ1) is 18.3. The molecule has 2 unspecified atom stereocenters. The molecule has 2 aliphatic carbocycles. The summed E-state index contributed by atoms with van der Waals surface area (Å²) >= 11 is 0. The lowest BCUT2D eigenvalue weighted by Crippen LogP contribution is -2.26. The molecular formula is C23H30N2O2. The molecule has 2 saturated carbocycles. The maximum atomic E-state index is 12.9. The van der Waals surface area contributed by atoms with Crippen LogP contribution in [0.1, 0.15) is 52.9 Å². The normalized spacial score (nSPS) is 24.5. The Morgan fingerprint density at radius 2 is 1.96 bits per heavy atom. The summed E-state index contributed by atoms with van der Waals surface area (Å²) in [7, 11) is 0. The number of amides is 1. The third-order valence-electron chi connectivity index (χ3n) is 6.27. The van der Waals surface area contributed by atoms with Crippen LogP contribution >= 0.6 is 0 Å². The summed E-state index contributed by atoms with van der Waals surface area (Å²) in [5.41, 5.74) is 0.788. The summed E-state index contributed by atoms with van der Waals surface area (Å²) in [6, 6.07) is 7.56. The molecule has 2 bridgehead atoms. The molecule has 0 spiro atoms. The highest BCUT2D eigenvalue weighted by Gasteiger charge is 2.40. The number of hydrogen-bond acceptors (Lipinski definition) is 2. The van der Waals surface area contributed by atoms with Crippen LogP contribution in [0.3, 0.4) is 0 Å². The Morgan fingerprint density at radius 1 is 1.15 bits per heavy atom. The fourth-order valence-corrected chi connectivity index (χ4v) is 5.13. The van der Waals surface area contributed by atoms with E-state index in [1.807, 2.05) is 30.5 Å². The van der Waals surface area contributed by atoms with Crippen molar-refractivity contribution in [2.45, 2.75) is 59.4 Å². The van der Waals surface area contributed by atoms with E-state index in [2.05, 4.69) is 26.1 Å². The minimum absolute atomic E-state index is 0.00614. The zero-order valence-corrected chi connectivity index (χ0v) is 16.6. The minimum Gasteiger partial charge on any atom is -0.326 e. The van der Waals surface area contributed by atoms with Crippen molar-refractivity contribution in [3.8, 4) is 0 Å². The number of pyridine rings is 1. The number of fused-ring (bicyclic) bond motifs is 3. The van der Waals surface area contributed by atoms with Crippen LogP contribution in [0.4, 0.5) is 5.69 Å². The van der Waals surface area contributed by atoms with Gasteiger partial charge in [-0.3, -0.25) is 9.59 Å². The van der Waals surface area contributed by atoms with E-state index in [1.165, 1.54) is 25.7 Å². The van der Waals surface area contributed by atoms with E-state index in [4.69, 9.17) is 0 Å². The van der Waals surface area contributed by atoms with Crippen LogP contribution in [0, 0.1) is 23.2 Å². The van der Waals surface area contributed by atoms with Gasteiger partial charge in [0.15, 0.2) is 0 Å². The van der Waals surface area contributed by atoms with Crippen LogP contribution in [0.2, 0.25) is 0 Å². The molecule has 0 radical (unpaired) electrons. The second kappa shape index (κ2) is 6.81. The lowest BCUT2D eigenvalue weighted by molar-refractivity contribution is -0.117. The first-order chi connectivity index (χ1) is 12.8. The van der Waals surface area contributed by atoms with Crippen molar-refractivity contribution in [1.29, 1.82) is 0 Å².